The molecule has 0 aliphatic rings. The lowest BCUT2D eigenvalue weighted by Gasteiger charge is -2.04. The highest BCUT2D eigenvalue weighted by Gasteiger charge is 2.11. The van der Waals surface area contributed by atoms with Crippen molar-refractivity contribution in [3.05, 3.63) is 58.1 Å². The van der Waals surface area contributed by atoms with Gasteiger partial charge in [-0.3, -0.25) is 10.1 Å². The average molecular weight is 282 g/mol. The normalized spacial score (nSPS) is 10.4. The number of hydrogen-bond acceptors (Lipinski definition) is 4. The molecule has 19 heavy (non-hydrogen) atoms. The monoisotopic (exact) mass is 282 g/mol. The lowest BCUT2D eigenvalue weighted by molar-refractivity contribution is -0.385. The van der Waals surface area contributed by atoms with Crippen molar-refractivity contribution in [3.8, 4) is 0 Å². The molecule has 0 fully saturated rings. The van der Waals surface area contributed by atoms with E-state index in [0.717, 1.165) is 23.9 Å². The Morgan fingerprint density at radius 2 is 1.89 bits per heavy atom. The van der Waals surface area contributed by atoms with Gasteiger partial charge < -0.3 is 5.73 Å². The summed E-state index contributed by atoms with van der Waals surface area (Å²) < 4.78 is 26.2. The predicted octanol–water partition coefficient (Wildman–Crippen LogP) is 3.61. The Morgan fingerprint density at radius 1 is 1.16 bits per heavy atom. The van der Waals surface area contributed by atoms with Crippen LogP contribution in [0.1, 0.15) is 0 Å². The van der Waals surface area contributed by atoms with Gasteiger partial charge in [0.25, 0.3) is 5.69 Å². The number of nitrogens with zero attached hydrogens (tertiary/aromatic N) is 1. The molecule has 0 heterocycles. The zero-order valence-corrected chi connectivity index (χ0v) is 10.3. The molecular weight excluding hydrogens is 274 g/mol. The summed E-state index contributed by atoms with van der Waals surface area (Å²) in [6, 6.07) is 7.12. The summed E-state index contributed by atoms with van der Waals surface area (Å²) in [6.07, 6.45) is 0. The Morgan fingerprint density at radius 3 is 2.53 bits per heavy atom. The average Bonchev–Trinajstić information content (AvgIpc) is 2.32. The number of benzene rings is 2. The van der Waals surface area contributed by atoms with Gasteiger partial charge in [-0.05, 0) is 18.2 Å². The van der Waals surface area contributed by atoms with Crippen molar-refractivity contribution in [2.45, 2.75) is 9.79 Å². The molecule has 2 rings (SSSR count). The highest BCUT2D eigenvalue weighted by molar-refractivity contribution is 7.99. The minimum atomic E-state index is -0.727. The molecule has 98 valence electrons. The molecule has 2 aromatic rings. The third kappa shape index (κ3) is 3.19. The van der Waals surface area contributed by atoms with E-state index in [2.05, 4.69) is 0 Å². The smallest absolute Gasteiger partial charge is 0.272 e. The molecular formula is C12H8F2N2O2S. The van der Waals surface area contributed by atoms with E-state index in [1.807, 2.05) is 0 Å². The number of hydrogen-bond donors (Lipinski definition) is 1. The van der Waals surface area contributed by atoms with E-state index in [-0.39, 0.29) is 16.3 Å². The number of non-ortho nitro benzene ring substituents is 1. The first-order chi connectivity index (χ1) is 8.95. The van der Waals surface area contributed by atoms with Gasteiger partial charge in [-0.1, -0.05) is 11.8 Å². The fraction of sp³-hybridized carbons (Fsp3) is 0. The van der Waals surface area contributed by atoms with Crippen LogP contribution in [0.2, 0.25) is 0 Å². The van der Waals surface area contributed by atoms with Gasteiger partial charge in [-0.2, -0.15) is 0 Å². The maximum atomic E-state index is 13.5. The van der Waals surface area contributed by atoms with Crippen LogP contribution in [0.3, 0.4) is 0 Å². The minimum absolute atomic E-state index is 0.168. The lowest BCUT2D eigenvalue weighted by Crippen LogP contribution is -1.92. The van der Waals surface area contributed by atoms with Crippen molar-refractivity contribution in [3.63, 3.8) is 0 Å². The Bertz CT molecular complexity index is 650. The second-order valence-electron chi connectivity index (χ2n) is 3.69. The van der Waals surface area contributed by atoms with Gasteiger partial charge in [0.15, 0.2) is 0 Å². The van der Waals surface area contributed by atoms with E-state index >= 15 is 0 Å². The first-order valence-corrected chi connectivity index (χ1v) is 5.95. The number of nitrogen functional groups attached to an aromatic ring is 1. The van der Waals surface area contributed by atoms with Gasteiger partial charge in [0.05, 0.1) is 4.92 Å². The summed E-state index contributed by atoms with van der Waals surface area (Å²) in [7, 11) is 0. The van der Waals surface area contributed by atoms with Crippen molar-refractivity contribution in [1.82, 2.24) is 0 Å². The summed E-state index contributed by atoms with van der Waals surface area (Å²) >= 11 is 0.943. The molecule has 0 saturated carbocycles. The summed E-state index contributed by atoms with van der Waals surface area (Å²) in [5.74, 6) is -1.41. The van der Waals surface area contributed by atoms with Crippen molar-refractivity contribution in [1.29, 1.82) is 0 Å². The van der Waals surface area contributed by atoms with Crippen LogP contribution in [0, 0.1) is 21.7 Å². The highest BCUT2D eigenvalue weighted by Crippen LogP contribution is 2.33. The predicted molar refractivity (Wildman–Crippen MR) is 68.0 cm³/mol. The molecule has 4 nitrogen and oxygen atoms in total. The highest BCUT2D eigenvalue weighted by atomic mass is 32.2. The minimum Gasteiger partial charge on any atom is -0.398 e. The van der Waals surface area contributed by atoms with Crippen molar-refractivity contribution in [2.75, 3.05) is 5.73 Å². The van der Waals surface area contributed by atoms with E-state index in [1.165, 1.54) is 24.3 Å². The summed E-state index contributed by atoms with van der Waals surface area (Å²) in [4.78, 5) is 10.7. The Hall–Kier alpha value is -2.15. The third-order valence-corrected chi connectivity index (χ3v) is 3.27. The van der Waals surface area contributed by atoms with Crippen LogP contribution in [0.5, 0.6) is 0 Å². The van der Waals surface area contributed by atoms with E-state index in [1.54, 1.807) is 0 Å². The molecule has 0 aliphatic heterocycles. The maximum Gasteiger partial charge on any atom is 0.272 e. The van der Waals surface area contributed by atoms with Crippen LogP contribution in [0.25, 0.3) is 0 Å². The molecule has 0 atom stereocenters. The van der Waals surface area contributed by atoms with Crippen LogP contribution in [0.15, 0.2) is 46.2 Å². The first-order valence-electron chi connectivity index (χ1n) is 5.13. The molecule has 0 saturated heterocycles. The molecule has 2 aromatic carbocycles. The Balaban J connectivity index is 2.35. The van der Waals surface area contributed by atoms with E-state index in [9.17, 15) is 18.9 Å². The van der Waals surface area contributed by atoms with Gasteiger partial charge in [-0.25, -0.2) is 8.78 Å². The fourth-order valence-electron chi connectivity index (χ4n) is 1.46. The van der Waals surface area contributed by atoms with Crippen molar-refractivity contribution in [2.24, 2.45) is 0 Å². The number of halogens is 2. The summed E-state index contributed by atoms with van der Waals surface area (Å²) in [5, 5.41) is 10.7. The van der Waals surface area contributed by atoms with E-state index < -0.39 is 16.6 Å². The lowest BCUT2D eigenvalue weighted by atomic mass is 10.3. The Kier molecular flexibility index (Phi) is 3.66. The van der Waals surface area contributed by atoms with Crippen LogP contribution in [0.4, 0.5) is 20.2 Å². The molecule has 0 radical (unpaired) electrons. The largest absolute Gasteiger partial charge is 0.398 e. The van der Waals surface area contributed by atoms with Crippen LogP contribution in [-0.4, -0.2) is 4.92 Å². The van der Waals surface area contributed by atoms with Gasteiger partial charge in [0.1, 0.15) is 11.6 Å². The number of rotatable bonds is 3. The van der Waals surface area contributed by atoms with Gasteiger partial charge in [0.2, 0.25) is 0 Å². The molecule has 0 unspecified atom stereocenters. The van der Waals surface area contributed by atoms with Crippen LogP contribution >= 0.6 is 11.8 Å². The van der Waals surface area contributed by atoms with E-state index in [0.29, 0.717) is 4.90 Å². The molecule has 0 aliphatic carbocycles. The zero-order chi connectivity index (χ0) is 14.0. The van der Waals surface area contributed by atoms with Gasteiger partial charge in [0, 0.05) is 33.7 Å². The number of anilines is 1. The Labute approximate surface area is 111 Å². The number of nitrogens with two attached hydrogens (primary N) is 1. The molecule has 2 N–H and O–H groups in total. The van der Waals surface area contributed by atoms with E-state index in [4.69, 9.17) is 5.73 Å². The second kappa shape index (κ2) is 5.23. The molecule has 7 heteroatoms. The molecule has 0 spiro atoms. The number of nitro groups is 1. The molecule has 0 amide bonds. The third-order valence-electron chi connectivity index (χ3n) is 2.25. The quantitative estimate of drug-likeness (QED) is 0.530. The van der Waals surface area contributed by atoms with Gasteiger partial charge in [-0.15, -0.1) is 0 Å². The summed E-state index contributed by atoms with van der Waals surface area (Å²) in [6.45, 7) is 0. The molecule has 0 bridgehead atoms. The van der Waals surface area contributed by atoms with Crippen LogP contribution < -0.4 is 5.73 Å². The number of nitro benzene ring substituents is 1. The van der Waals surface area contributed by atoms with Crippen molar-refractivity contribution >= 4 is 23.1 Å². The standard InChI is InChI=1S/C12H8F2N2O2S/c13-7-1-2-12(11(14)3-7)19-10-5-8(15)4-9(6-10)16(17)18/h1-6H,15H2. The van der Waals surface area contributed by atoms with Crippen molar-refractivity contribution < 1.29 is 13.7 Å². The van der Waals surface area contributed by atoms with Crippen LogP contribution in [-0.2, 0) is 0 Å². The fourth-order valence-corrected chi connectivity index (χ4v) is 2.38. The molecule has 0 aromatic heterocycles. The van der Waals surface area contributed by atoms with Gasteiger partial charge >= 0.3 is 0 Å². The zero-order valence-electron chi connectivity index (χ0n) is 9.47. The topological polar surface area (TPSA) is 69.2 Å². The first kappa shape index (κ1) is 13.3. The maximum absolute atomic E-state index is 13.5. The second-order valence-corrected chi connectivity index (χ2v) is 4.81. The SMILES string of the molecule is Nc1cc(Sc2ccc(F)cc2F)cc([N+](=O)[O-])c1. The summed E-state index contributed by atoms with van der Waals surface area (Å²) in [5.41, 5.74) is 5.57.